The summed E-state index contributed by atoms with van der Waals surface area (Å²) in [6.07, 6.45) is -2.21. The van der Waals surface area contributed by atoms with Crippen LogP contribution in [0, 0.1) is 0 Å². The molecule has 2 unspecified atom stereocenters. The van der Waals surface area contributed by atoms with E-state index in [4.69, 9.17) is 28.4 Å². The van der Waals surface area contributed by atoms with E-state index >= 15 is 0 Å². The predicted molar refractivity (Wildman–Crippen MR) is 107 cm³/mol. The first-order valence-electron chi connectivity index (χ1n) is 9.09. The molecule has 2 aromatic rings. The minimum absolute atomic E-state index is 0.278. The van der Waals surface area contributed by atoms with Crippen LogP contribution in [0.15, 0.2) is 30.3 Å². The van der Waals surface area contributed by atoms with Crippen molar-refractivity contribution in [1.82, 2.24) is 0 Å². The number of aliphatic hydroxyl groups excluding tert-OH is 2. The Bertz CT molecular complexity index is 745. The summed E-state index contributed by atoms with van der Waals surface area (Å²) in [5, 5.41) is 20.8. The Kier molecular flexibility index (Phi) is 8.23. The van der Waals surface area contributed by atoms with E-state index in [0.717, 1.165) is 0 Å². The number of hydrogen-bond acceptors (Lipinski definition) is 8. The zero-order valence-electron chi connectivity index (χ0n) is 17.3. The van der Waals surface area contributed by atoms with Crippen LogP contribution in [0.1, 0.15) is 18.6 Å². The molecule has 0 saturated carbocycles. The second kappa shape index (κ2) is 10.6. The fourth-order valence-corrected chi connectivity index (χ4v) is 2.86. The fourth-order valence-electron chi connectivity index (χ4n) is 2.86. The largest absolute Gasteiger partial charge is 0.493 e. The van der Waals surface area contributed by atoms with Gasteiger partial charge in [0.2, 0.25) is 11.5 Å². The number of methoxy groups -OCH3 is 4. The molecular formula is C21H28O8. The lowest BCUT2D eigenvalue weighted by Crippen LogP contribution is -2.29. The van der Waals surface area contributed by atoms with Crippen LogP contribution >= 0.6 is 0 Å². The average molecular weight is 408 g/mol. The summed E-state index contributed by atoms with van der Waals surface area (Å²) in [4.78, 5) is 0. The van der Waals surface area contributed by atoms with Crippen molar-refractivity contribution in [2.24, 2.45) is 0 Å². The summed E-state index contributed by atoms with van der Waals surface area (Å²) in [7, 11) is 5.97. The summed E-state index contributed by atoms with van der Waals surface area (Å²) in [5.41, 5.74) is 0.426. The van der Waals surface area contributed by atoms with Crippen molar-refractivity contribution in [3.05, 3.63) is 35.9 Å². The first-order valence-corrected chi connectivity index (χ1v) is 9.09. The Balaban J connectivity index is 2.41. The molecule has 0 aliphatic rings. The molecule has 0 radical (unpaired) electrons. The Morgan fingerprint density at radius 2 is 1.34 bits per heavy atom. The SMILES string of the molecule is CCOc1c(OC)cc(C(O)C(CO)Oc2c(OC)cccc2OC)cc1OC. The average Bonchev–Trinajstić information content (AvgIpc) is 2.76. The van der Waals surface area contributed by atoms with Crippen LogP contribution in [0.3, 0.4) is 0 Å². The van der Waals surface area contributed by atoms with Crippen molar-refractivity contribution in [2.45, 2.75) is 19.1 Å². The highest BCUT2D eigenvalue weighted by Gasteiger charge is 2.27. The molecule has 8 heteroatoms. The van der Waals surface area contributed by atoms with Crippen LogP contribution in [0.4, 0.5) is 0 Å². The van der Waals surface area contributed by atoms with Gasteiger partial charge in [0.15, 0.2) is 29.1 Å². The molecular weight excluding hydrogens is 380 g/mol. The Morgan fingerprint density at radius 1 is 0.828 bits per heavy atom. The second-order valence-corrected chi connectivity index (χ2v) is 5.96. The molecule has 29 heavy (non-hydrogen) atoms. The van der Waals surface area contributed by atoms with Crippen molar-refractivity contribution in [3.8, 4) is 34.5 Å². The van der Waals surface area contributed by atoms with Gasteiger partial charge in [0, 0.05) is 0 Å². The molecule has 2 atom stereocenters. The second-order valence-electron chi connectivity index (χ2n) is 5.96. The van der Waals surface area contributed by atoms with Gasteiger partial charge in [-0.2, -0.15) is 0 Å². The number of ether oxygens (including phenoxy) is 6. The van der Waals surface area contributed by atoms with E-state index in [1.807, 2.05) is 6.92 Å². The van der Waals surface area contributed by atoms with Gasteiger partial charge in [0.05, 0.1) is 41.7 Å². The van der Waals surface area contributed by atoms with Crippen LogP contribution < -0.4 is 28.4 Å². The van der Waals surface area contributed by atoms with Gasteiger partial charge in [0.1, 0.15) is 6.10 Å². The topological polar surface area (TPSA) is 95.8 Å². The molecule has 0 aromatic heterocycles. The van der Waals surface area contributed by atoms with Crippen LogP contribution in [0.25, 0.3) is 0 Å². The van der Waals surface area contributed by atoms with Crippen molar-refractivity contribution in [3.63, 3.8) is 0 Å². The Labute approximate surface area is 170 Å². The van der Waals surface area contributed by atoms with Crippen LogP contribution in [-0.4, -0.2) is 58.0 Å². The number of rotatable bonds is 11. The molecule has 0 bridgehead atoms. The maximum Gasteiger partial charge on any atom is 0.203 e. The van der Waals surface area contributed by atoms with Crippen LogP contribution in [0.5, 0.6) is 34.5 Å². The molecule has 2 N–H and O–H groups in total. The molecule has 2 aromatic carbocycles. The van der Waals surface area contributed by atoms with Crippen molar-refractivity contribution in [2.75, 3.05) is 41.7 Å². The highest BCUT2D eigenvalue weighted by atomic mass is 16.6. The molecule has 0 aliphatic heterocycles. The zero-order valence-corrected chi connectivity index (χ0v) is 17.3. The number of para-hydroxylation sites is 1. The Hall–Kier alpha value is -2.84. The van der Waals surface area contributed by atoms with Gasteiger partial charge in [-0.3, -0.25) is 0 Å². The van der Waals surface area contributed by atoms with E-state index in [1.165, 1.54) is 28.4 Å². The Morgan fingerprint density at radius 3 is 1.76 bits per heavy atom. The molecule has 0 heterocycles. The number of aliphatic hydroxyl groups is 2. The van der Waals surface area contributed by atoms with Gasteiger partial charge in [-0.05, 0) is 36.8 Å². The summed E-state index contributed by atoms with van der Waals surface area (Å²) >= 11 is 0. The fraction of sp³-hybridized carbons (Fsp3) is 0.429. The molecule has 2 rings (SSSR count). The van der Waals surface area contributed by atoms with E-state index in [2.05, 4.69) is 0 Å². The van der Waals surface area contributed by atoms with Gasteiger partial charge in [-0.25, -0.2) is 0 Å². The van der Waals surface area contributed by atoms with Gasteiger partial charge in [-0.1, -0.05) is 6.07 Å². The lowest BCUT2D eigenvalue weighted by atomic mass is 10.0. The quantitative estimate of drug-likeness (QED) is 0.586. The first kappa shape index (κ1) is 22.4. The van der Waals surface area contributed by atoms with E-state index in [0.29, 0.717) is 40.9 Å². The molecule has 8 nitrogen and oxygen atoms in total. The van der Waals surface area contributed by atoms with Crippen LogP contribution in [-0.2, 0) is 0 Å². The standard InChI is InChI=1S/C21H28O8/c1-6-28-20-16(26-4)10-13(11-17(20)27-5)19(23)18(12-22)29-21-14(24-2)8-7-9-15(21)25-3/h7-11,18-19,22-23H,6,12H2,1-5H3. The van der Waals surface area contributed by atoms with E-state index in [9.17, 15) is 10.2 Å². The third-order valence-corrected chi connectivity index (χ3v) is 4.30. The highest BCUT2D eigenvalue weighted by molar-refractivity contribution is 5.55. The monoisotopic (exact) mass is 408 g/mol. The van der Waals surface area contributed by atoms with Gasteiger partial charge in [-0.15, -0.1) is 0 Å². The van der Waals surface area contributed by atoms with Crippen LogP contribution in [0.2, 0.25) is 0 Å². The van der Waals surface area contributed by atoms with Crippen molar-refractivity contribution in [1.29, 1.82) is 0 Å². The molecule has 0 amide bonds. The number of benzene rings is 2. The van der Waals surface area contributed by atoms with Gasteiger partial charge < -0.3 is 38.6 Å². The third kappa shape index (κ3) is 4.96. The highest BCUT2D eigenvalue weighted by Crippen LogP contribution is 2.42. The summed E-state index contributed by atoms with van der Waals surface area (Å²) in [6.45, 7) is 1.81. The minimum atomic E-state index is -1.20. The van der Waals surface area contributed by atoms with Crippen molar-refractivity contribution >= 4 is 0 Å². The molecule has 0 aliphatic carbocycles. The first-order chi connectivity index (χ1) is 14.0. The minimum Gasteiger partial charge on any atom is -0.493 e. The molecule has 160 valence electrons. The summed E-state index contributed by atoms with van der Waals surface area (Å²) < 4.78 is 32.8. The smallest absolute Gasteiger partial charge is 0.203 e. The van der Waals surface area contributed by atoms with Gasteiger partial charge >= 0.3 is 0 Å². The predicted octanol–water partition coefficient (Wildman–Crippen LogP) is 2.59. The summed E-state index contributed by atoms with van der Waals surface area (Å²) in [5.74, 6) is 2.33. The van der Waals surface area contributed by atoms with E-state index in [1.54, 1.807) is 30.3 Å². The molecule has 0 fully saturated rings. The lowest BCUT2D eigenvalue weighted by molar-refractivity contribution is -0.00184. The molecule has 0 saturated heterocycles. The maximum absolute atomic E-state index is 10.9. The zero-order chi connectivity index (χ0) is 21.4. The third-order valence-electron chi connectivity index (χ3n) is 4.30. The van der Waals surface area contributed by atoms with E-state index in [-0.39, 0.29) is 5.75 Å². The molecule has 0 spiro atoms. The summed E-state index contributed by atoms with van der Waals surface area (Å²) in [6, 6.07) is 8.37. The van der Waals surface area contributed by atoms with Crippen molar-refractivity contribution < 1.29 is 38.6 Å². The lowest BCUT2D eigenvalue weighted by Gasteiger charge is -2.25. The normalized spacial score (nSPS) is 12.7. The van der Waals surface area contributed by atoms with Gasteiger partial charge in [0.25, 0.3) is 0 Å². The number of hydrogen-bond donors (Lipinski definition) is 2. The maximum atomic E-state index is 10.9. The van der Waals surface area contributed by atoms with E-state index < -0.39 is 18.8 Å².